The Kier molecular flexibility index (Phi) is 6.46. The second-order valence-electron chi connectivity index (χ2n) is 6.82. The van der Waals surface area contributed by atoms with Crippen LogP contribution in [0.25, 0.3) is 0 Å². The zero-order chi connectivity index (χ0) is 19.1. The smallest absolute Gasteiger partial charge is 0.317 e. The molecule has 1 fully saturated rings. The van der Waals surface area contributed by atoms with Gasteiger partial charge in [-0.25, -0.2) is 14.8 Å². The number of benzene rings is 1. The summed E-state index contributed by atoms with van der Waals surface area (Å²) >= 11 is 0. The number of aromatic nitrogens is 2. The molecule has 1 aliphatic heterocycles. The van der Waals surface area contributed by atoms with Gasteiger partial charge in [-0.15, -0.1) is 0 Å². The number of rotatable bonds is 6. The Labute approximate surface area is 160 Å². The first-order valence-corrected chi connectivity index (χ1v) is 9.42. The standard InChI is InChI=1S/C20H27N5O2/c1-16(2)27-18-6-4-17(5-7-18)8-11-23-20(26)25-14-12-24(13-15-25)19-21-9-3-10-22-19/h3-7,9-10,16H,8,11-15H2,1-2H3,(H,23,26). The van der Waals surface area contributed by atoms with Crippen molar-refractivity contribution in [1.82, 2.24) is 20.2 Å². The molecule has 7 heteroatoms. The van der Waals surface area contributed by atoms with Crippen LogP contribution in [0.3, 0.4) is 0 Å². The molecule has 2 amide bonds. The minimum Gasteiger partial charge on any atom is -0.491 e. The summed E-state index contributed by atoms with van der Waals surface area (Å²) in [4.78, 5) is 24.8. The summed E-state index contributed by atoms with van der Waals surface area (Å²) in [5.74, 6) is 1.60. The monoisotopic (exact) mass is 369 g/mol. The summed E-state index contributed by atoms with van der Waals surface area (Å²) in [5, 5.41) is 3.01. The molecule has 0 saturated carbocycles. The Balaban J connectivity index is 1.39. The molecule has 0 bridgehead atoms. The van der Waals surface area contributed by atoms with Gasteiger partial charge in [0.1, 0.15) is 5.75 Å². The van der Waals surface area contributed by atoms with Crippen LogP contribution in [0.2, 0.25) is 0 Å². The quantitative estimate of drug-likeness (QED) is 0.846. The van der Waals surface area contributed by atoms with Gasteiger partial charge in [-0.1, -0.05) is 12.1 Å². The number of hydrogen-bond donors (Lipinski definition) is 1. The second-order valence-corrected chi connectivity index (χ2v) is 6.82. The first kappa shape index (κ1) is 18.9. The number of piperazine rings is 1. The highest BCUT2D eigenvalue weighted by Crippen LogP contribution is 2.14. The van der Waals surface area contributed by atoms with Gasteiger partial charge in [0.15, 0.2) is 0 Å². The van der Waals surface area contributed by atoms with Gasteiger partial charge in [-0.3, -0.25) is 0 Å². The van der Waals surface area contributed by atoms with Gasteiger partial charge in [-0.05, 0) is 44.0 Å². The maximum Gasteiger partial charge on any atom is 0.317 e. The molecule has 1 aromatic heterocycles. The molecule has 144 valence electrons. The largest absolute Gasteiger partial charge is 0.491 e. The van der Waals surface area contributed by atoms with Crippen LogP contribution in [-0.2, 0) is 6.42 Å². The summed E-state index contributed by atoms with van der Waals surface area (Å²) in [5.41, 5.74) is 1.18. The average Bonchev–Trinajstić information content (AvgIpc) is 2.69. The van der Waals surface area contributed by atoms with Crippen LogP contribution in [-0.4, -0.2) is 59.7 Å². The minimum absolute atomic E-state index is 0.0107. The van der Waals surface area contributed by atoms with E-state index in [2.05, 4.69) is 20.2 Å². The lowest BCUT2D eigenvalue weighted by Gasteiger charge is -2.34. The Morgan fingerprint density at radius 3 is 2.41 bits per heavy atom. The number of carbonyl (C=O) groups is 1. The van der Waals surface area contributed by atoms with E-state index in [1.54, 1.807) is 18.5 Å². The molecule has 1 saturated heterocycles. The molecule has 1 aliphatic rings. The van der Waals surface area contributed by atoms with E-state index in [9.17, 15) is 4.79 Å². The van der Waals surface area contributed by atoms with Crippen molar-refractivity contribution in [2.75, 3.05) is 37.6 Å². The Bertz CT molecular complexity index is 713. The molecular formula is C20H27N5O2. The van der Waals surface area contributed by atoms with E-state index < -0.39 is 0 Å². The van der Waals surface area contributed by atoms with E-state index in [0.717, 1.165) is 31.2 Å². The van der Waals surface area contributed by atoms with Crippen molar-refractivity contribution in [2.24, 2.45) is 0 Å². The molecule has 7 nitrogen and oxygen atoms in total. The fourth-order valence-electron chi connectivity index (χ4n) is 3.00. The second kappa shape index (κ2) is 9.21. The van der Waals surface area contributed by atoms with E-state index in [-0.39, 0.29) is 12.1 Å². The lowest BCUT2D eigenvalue weighted by molar-refractivity contribution is 0.194. The predicted octanol–water partition coefficient (Wildman–Crippen LogP) is 2.34. The third-order valence-electron chi connectivity index (χ3n) is 4.39. The van der Waals surface area contributed by atoms with Gasteiger partial charge in [0.2, 0.25) is 5.95 Å². The highest BCUT2D eigenvalue weighted by molar-refractivity contribution is 5.74. The van der Waals surface area contributed by atoms with Crippen LogP contribution in [0.15, 0.2) is 42.7 Å². The van der Waals surface area contributed by atoms with Crippen LogP contribution in [0, 0.1) is 0 Å². The van der Waals surface area contributed by atoms with Crippen LogP contribution in [0.1, 0.15) is 19.4 Å². The number of hydrogen-bond acceptors (Lipinski definition) is 5. The third kappa shape index (κ3) is 5.57. The average molecular weight is 369 g/mol. The highest BCUT2D eigenvalue weighted by Gasteiger charge is 2.22. The van der Waals surface area contributed by atoms with E-state index in [4.69, 9.17) is 4.74 Å². The zero-order valence-electron chi connectivity index (χ0n) is 16.0. The van der Waals surface area contributed by atoms with Gasteiger partial charge in [0, 0.05) is 45.1 Å². The summed E-state index contributed by atoms with van der Waals surface area (Å²) in [7, 11) is 0. The van der Waals surface area contributed by atoms with E-state index in [1.165, 1.54) is 5.56 Å². The van der Waals surface area contributed by atoms with E-state index in [1.807, 2.05) is 43.0 Å². The predicted molar refractivity (Wildman–Crippen MR) is 105 cm³/mol. The summed E-state index contributed by atoms with van der Waals surface area (Å²) in [6.07, 6.45) is 4.45. The number of carbonyl (C=O) groups excluding carboxylic acids is 1. The molecular weight excluding hydrogens is 342 g/mol. The van der Waals surface area contributed by atoms with Crippen molar-refractivity contribution in [1.29, 1.82) is 0 Å². The third-order valence-corrected chi connectivity index (χ3v) is 4.39. The van der Waals surface area contributed by atoms with Gasteiger partial charge in [0.05, 0.1) is 6.10 Å². The molecule has 27 heavy (non-hydrogen) atoms. The topological polar surface area (TPSA) is 70.6 Å². The fourth-order valence-corrected chi connectivity index (χ4v) is 3.00. The van der Waals surface area contributed by atoms with Crippen molar-refractivity contribution in [3.63, 3.8) is 0 Å². The normalized spacial score (nSPS) is 14.3. The number of amides is 2. The van der Waals surface area contributed by atoms with Crippen LogP contribution >= 0.6 is 0 Å². The molecule has 3 rings (SSSR count). The number of nitrogens with one attached hydrogen (secondary N) is 1. The molecule has 0 spiro atoms. The number of nitrogens with zero attached hydrogens (tertiary/aromatic N) is 4. The first-order chi connectivity index (χ1) is 13.1. The van der Waals surface area contributed by atoms with Gasteiger partial charge >= 0.3 is 6.03 Å². The van der Waals surface area contributed by atoms with Crippen molar-refractivity contribution >= 4 is 12.0 Å². The van der Waals surface area contributed by atoms with Crippen LogP contribution in [0.4, 0.5) is 10.7 Å². The van der Waals surface area contributed by atoms with Crippen molar-refractivity contribution < 1.29 is 9.53 Å². The molecule has 0 radical (unpaired) electrons. The molecule has 0 atom stereocenters. The van der Waals surface area contributed by atoms with Crippen LogP contribution in [0.5, 0.6) is 5.75 Å². The number of anilines is 1. The molecule has 0 aliphatic carbocycles. The molecule has 1 aromatic carbocycles. The van der Waals surface area contributed by atoms with Crippen LogP contribution < -0.4 is 15.0 Å². The fraction of sp³-hybridized carbons (Fsp3) is 0.450. The summed E-state index contributed by atoms with van der Waals surface area (Å²) < 4.78 is 5.64. The summed E-state index contributed by atoms with van der Waals surface area (Å²) in [6.45, 7) is 7.47. The first-order valence-electron chi connectivity index (χ1n) is 9.42. The van der Waals surface area contributed by atoms with E-state index >= 15 is 0 Å². The lowest BCUT2D eigenvalue weighted by atomic mass is 10.1. The SMILES string of the molecule is CC(C)Oc1ccc(CCNC(=O)N2CCN(c3ncccn3)CC2)cc1. The van der Waals surface area contributed by atoms with Gasteiger partial charge in [0.25, 0.3) is 0 Å². The van der Waals surface area contributed by atoms with Gasteiger partial charge in [-0.2, -0.15) is 0 Å². The molecule has 2 heterocycles. The van der Waals surface area contributed by atoms with E-state index in [0.29, 0.717) is 19.6 Å². The number of ether oxygens (including phenoxy) is 1. The van der Waals surface area contributed by atoms with Crippen molar-refractivity contribution in [2.45, 2.75) is 26.4 Å². The lowest BCUT2D eigenvalue weighted by Crippen LogP contribution is -2.52. The summed E-state index contributed by atoms with van der Waals surface area (Å²) in [6, 6.07) is 9.83. The molecule has 1 N–H and O–H groups in total. The van der Waals surface area contributed by atoms with Gasteiger partial charge < -0.3 is 19.9 Å². The maximum absolute atomic E-state index is 12.4. The van der Waals surface area contributed by atoms with Crippen molar-refractivity contribution in [3.8, 4) is 5.75 Å². The Morgan fingerprint density at radius 1 is 1.11 bits per heavy atom. The van der Waals surface area contributed by atoms with Crippen molar-refractivity contribution in [3.05, 3.63) is 48.3 Å². The zero-order valence-corrected chi connectivity index (χ0v) is 16.0. The number of urea groups is 1. The molecule has 0 unspecified atom stereocenters. The molecule has 2 aromatic rings. The minimum atomic E-state index is -0.0107. The Morgan fingerprint density at radius 2 is 1.78 bits per heavy atom. The maximum atomic E-state index is 12.4. The Hall–Kier alpha value is -2.83. The highest BCUT2D eigenvalue weighted by atomic mass is 16.5.